The molecule has 17 nitrogen and oxygen atoms in total. The standard InChI is InChI=1S/C86H168O17P2/c1-8-9-10-11-12-13-14-15-27-33-40-48-55-62-69-85(90)103-82(74-97-84(89)68-61-54-47-42-35-38-45-52-59-66-79(6)7)76-101-105(94,95)99-72-80(87)71-98-104(92,93)100-75-81(73-96-83(88)67-60-53-46-39-32-28-24-20-22-26-31-37-44-51-58-65-78(4)5)102-86(91)70-63-56-49-41-34-29-23-19-17-16-18-21-25-30-36-43-50-57-64-77(2)3/h77-82,87H,8-76H2,1-7H3,(H,92,93)(H,94,95)/t80-,81-,82-/m1/s1. The van der Waals surface area contributed by atoms with Crippen LogP contribution in [0.5, 0.6) is 0 Å². The van der Waals surface area contributed by atoms with E-state index < -0.39 is 97.5 Å². The van der Waals surface area contributed by atoms with Gasteiger partial charge in [-0.1, -0.05) is 402 Å². The van der Waals surface area contributed by atoms with Gasteiger partial charge in [-0.05, 0) is 43.4 Å². The maximum atomic E-state index is 13.2. The molecule has 0 radical (unpaired) electrons. The van der Waals surface area contributed by atoms with Crippen LogP contribution in [0.4, 0.5) is 0 Å². The number of carbonyl (C=O) groups excluding carboxylic acids is 4. The number of hydrogen-bond acceptors (Lipinski definition) is 15. The first-order valence-corrected chi connectivity index (χ1v) is 47.3. The molecule has 0 saturated carbocycles. The van der Waals surface area contributed by atoms with E-state index in [1.54, 1.807) is 0 Å². The Morgan fingerprint density at radius 1 is 0.257 bits per heavy atom. The summed E-state index contributed by atoms with van der Waals surface area (Å²) in [6.45, 7) is 12.0. The van der Waals surface area contributed by atoms with Gasteiger partial charge in [0.1, 0.15) is 19.3 Å². The Morgan fingerprint density at radius 3 is 0.648 bits per heavy atom. The Hall–Kier alpha value is -1.94. The van der Waals surface area contributed by atoms with Crippen molar-refractivity contribution in [1.82, 2.24) is 0 Å². The summed E-state index contributed by atoms with van der Waals surface area (Å²) < 4.78 is 68.9. The third kappa shape index (κ3) is 79.9. The molecule has 0 aliphatic heterocycles. The fraction of sp³-hybridized carbons (Fsp3) is 0.953. The first-order valence-electron chi connectivity index (χ1n) is 44.3. The third-order valence-corrected chi connectivity index (χ3v) is 22.0. The van der Waals surface area contributed by atoms with E-state index in [1.807, 2.05) is 0 Å². The van der Waals surface area contributed by atoms with Gasteiger partial charge >= 0.3 is 39.5 Å². The molecule has 0 aromatic carbocycles. The largest absolute Gasteiger partial charge is 0.472 e. The van der Waals surface area contributed by atoms with E-state index in [0.717, 1.165) is 108 Å². The Bertz CT molecular complexity index is 2030. The highest BCUT2D eigenvalue weighted by Crippen LogP contribution is 2.45. The molecule has 0 aliphatic rings. The summed E-state index contributed by atoms with van der Waals surface area (Å²) in [7, 11) is -9.93. The van der Waals surface area contributed by atoms with Crippen molar-refractivity contribution in [2.24, 2.45) is 17.8 Å². The van der Waals surface area contributed by atoms with Crippen molar-refractivity contribution >= 4 is 39.5 Å². The number of phosphoric acid groups is 2. The molecule has 624 valence electrons. The predicted octanol–water partition coefficient (Wildman–Crippen LogP) is 26.1. The van der Waals surface area contributed by atoms with Crippen LogP contribution in [0.3, 0.4) is 0 Å². The molecule has 0 heterocycles. The molecule has 0 aromatic heterocycles. The van der Waals surface area contributed by atoms with Gasteiger partial charge in [0.15, 0.2) is 12.2 Å². The SMILES string of the molecule is CCCCCCCCCCCCCCCCC(=O)O[C@H](COC(=O)CCCCCCCCCCCC(C)C)COP(=O)(O)OC[C@H](O)COP(=O)(O)OC[C@@H](COC(=O)CCCCCCCCCCCCCCCCCC(C)C)OC(=O)CCCCCCCCCCCCCCCCCCCCC(C)C. The van der Waals surface area contributed by atoms with Crippen LogP contribution >= 0.6 is 15.6 Å². The highest BCUT2D eigenvalue weighted by Gasteiger charge is 2.30. The molecular weight excluding hydrogens is 1370 g/mol. The topological polar surface area (TPSA) is 237 Å². The van der Waals surface area contributed by atoms with E-state index >= 15 is 0 Å². The smallest absolute Gasteiger partial charge is 0.462 e. The summed E-state index contributed by atoms with van der Waals surface area (Å²) in [5, 5.41) is 10.7. The number of hydrogen-bond donors (Lipinski definition) is 3. The Kier molecular flexibility index (Phi) is 74.7. The van der Waals surface area contributed by atoms with Crippen molar-refractivity contribution in [2.45, 2.75) is 471 Å². The van der Waals surface area contributed by atoms with Crippen molar-refractivity contribution < 1.29 is 80.2 Å². The predicted molar refractivity (Wildman–Crippen MR) is 432 cm³/mol. The Labute approximate surface area is 645 Å². The molecule has 0 rings (SSSR count). The molecule has 0 aliphatic carbocycles. The fourth-order valence-electron chi connectivity index (χ4n) is 13.4. The van der Waals surface area contributed by atoms with E-state index in [4.69, 9.17) is 37.0 Å². The lowest BCUT2D eigenvalue weighted by atomic mass is 10.0. The van der Waals surface area contributed by atoms with Gasteiger partial charge in [-0.15, -0.1) is 0 Å². The van der Waals surface area contributed by atoms with Crippen LogP contribution in [0.1, 0.15) is 453 Å². The molecule has 5 atom stereocenters. The van der Waals surface area contributed by atoms with E-state index in [1.165, 1.54) is 263 Å². The maximum absolute atomic E-state index is 13.2. The van der Waals surface area contributed by atoms with Crippen LogP contribution in [0.25, 0.3) is 0 Å². The zero-order valence-corrected chi connectivity index (χ0v) is 71.0. The number of ether oxygens (including phenoxy) is 4. The molecule has 0 amide bonds. The van der Waals surface area contributed by atoms with E-state index in [2.05, 4.69) is 48.5 Å². The maximum Gasteiger partial charge on any atom is 0.472 e. The van der Waals surface area contributed by atoms with Crippen molar-refractivity contribution in [3.8, 4) is 0 Å². The van der Waals surface area contributed by atoms with Crippen LogP contribution in [0, 0.1) is 17.8 Å². The second-order valence-electron chi connectivity index (χ2n) is 32.4. The first kappa shape index (κ1) is 103. The molecule has 0 saturated heterocycles. The van der Waals surface area contributed by atoms with Crippen molar-refractivity contribution in [1.29, 1.82) is 0 Å². The van der Waals surface area contributed by atoms with Gasteiger partial charge in [-0.25, -0.2) is 9.13 Å². The summed E-state index contributed by atoms with van der Waals surface area (Å²) in [5.74, 6) is 0.267. The van der Waals surface area contributed by atoms with Crippen LogP contribution in [0.2, 0.25) is 0 Å². The molecular formula is C86H168O17P2. The van der Waals surface area contributed by atoms with Gasteiger partial charge in [0.25, 0.3) is 0 Å². The van der Waals surface area contributed by atoms with Gasteiger partial charge in [-0.2, -0.15) is 0 Å². The summed E-state index contributed by atoms with van der Waals surface area (Å²) in [6, 6.07) is 0. The van der Waals surface area contributed by atoms with E-state index in [0.29, 0.717) is 25.7 Å². The van der Waals surface area contributed by atoms with Crippen LogP contribution < -0.4 is 0 Å². The molecule has 105 heavy (non-hydrogen) atoms. The van der Waals surface area contributed by atoms with Crippen molar-refractivity contribution in [3.63, 3.8) is 0 Å². The molecule has 0 bridgehead atoms. The lowest BCUT2D eigenvalue weighted by Gasteiger charge is -2.21. The quantitative estimate of drug-likeness (QED) is 0.0222. The number of carbonyl (C=O) groups is 4. The van der Waals surface area contributed by atoms with Crippen LogP contribution in [-0.4, -0.2) is 96.7 Å². The third-order valence-electron chi connectivity index (χ3n) is 20.1. The zero-order chi connectivity index (χ0) is 77.2. The van der Waals surface area contributed by atoms with E-state index in [9.17, 15) is 43.2 Å². The highest BCUT2D eigenvalue weighted by molar-refractivity contribution is 7.47. The van der Waals surface area contributed by atoms with Crippen molar-refractivity contribution in [3.05, 3.63) is 0 Å². The molecule has 0 spiro atoms. The average Bonchev–Trinajstić information content (AvgIpc) is 0.948. The number of rotatable bonds is 84. The summed E-state index contributed by atoms with van der Waals surface area (Å²) in [5.41, 5.74) is 0. The van der Waals surface area contributed by atoms with Gasteiger partial charge in [-0.3, -0.25) is 37.3 Å². The summed E-state index contributed by atoms with van der Waals surface area (Å²) in [4.78, 5) is 73.2. The lowest BCUT2D eigenvalue weighted by molar-refractivity contribution is -0.161. The Morgan fingerprint density at radius 2 is 0.438 bits per heavy atom. The van der Waals surface area contributed by atoms with Crippen molar-refractivity contribution in [2.75, 3.05) is 39.6 Å². The minimum atomic E-state index is -4.97. The highest BCUT2D eigenvalue weighted by atomic mass is 31.2. The second-order valence-corrected chi connectivity index (χ2v) is 35.3. The molecule has 2 unspecified atom stereocenters. The number of phosphoric ester groups is 2. The number of unbranched alkanes of at least 4 members (excludes halogenated alkanes) is 52. The minimum absolute atomic E-state index is 0.108. The minimum Gasteiger partial charge on any atom is -0.462 e. The zero-order valence-electron chi connectivity index (χ0n) is 69.2. The first-order chi connectivity index (χ1) is 50.7. The monoisotopic (exact) mass is 1540 g/mol. The number of esters is 4. The molecule has 0 aromatic rings. The number of aliphatic hydroxyl groups is 1. The summed E-state index contributed by atoms with van der Waals surface area (Å²) >= 11 is 0. The number of aliphatic hydroxyl groups excluding tert-OH is 1. The summed E-state index contributed by atoms with van der Waals surface area (Å²) in [6.07, 6.45) is 66.6. The average molecular weight is 1540 g/mol. The molecule has 0 fully saturated rings. The molecule has 3 N–H and O–H groups in total. The fourth-order valence-corrected chi connectivity index (χ4v) is 14.9. The van der Waals surface area contributed by atoms with Gasteiger partial charge in [0, 0.05) is 25.7 Å². The van der Waals surface area contributed by atoms with Crippen LogP contribution in [-0.2, 0) is 65.4 Å². The Balaban J connectivity index is 5.25. The van der Waals surface area contributed by atoms with Gasteiger partial charge in [0.2, 0.25) is 0 Å². The van der Waals surface area contributed by atoms with Gasteiger partial charge < -0.3 is 33.8 Å². The van der Waals surface area contributed by atoms with E-state index in [-0.39, 0.29) is 25.7 Å². The normalized spacial score (nSPS) is 13.9. The second kappa shape index (κ2) is 76.1. The van der Waals surface area contributed by atoms with Gasteiger partial charge in [0.05, 0.1) is 26.4 Å². The molecule has 19 heteroatoms. The van der Waals surface area contributed by atoms with Crippen LogP contribution in [0.15, 0.2) is 0 Å². The lowest BCUT2D eigenvalue weighted by Crippen LogP contribution is -2.30.